The molecule has 0 atom stereocenters. The zero-order valence-corrected chi connectivity index (χ0v) is 10.3. The smallest absolute Gasteiger partial charge is 0.267 e. The number of nitrogen functional groups attached to an aromatic ring is 1. The number of hydrazine groups is 1. The maximum absolute atomic E-state index is 11.6. The second kappa shape index (κ2) is 4.31. The minimum absolute atomic E-state index is 0.366. The Morgan fingerprint density at radius 3 is 2.76 bits per heavy atom. The van der Waals surface area contributed by atoms with E-state index in [4.69, 9.17) is 17.4 Å². The van der Waals surface area contributed by atoms with Crippen LogP contribution in [0.5, 0.6) is 0 Å². The van der Waals surface area contributed by atoms with Crippen LogP contribution in [0.4, 0.5) is 0 Å². The SMILES string of the molecule is Cc1nc2c(C)ccc(Cl)c2cc1C(=O)NN. The van der Waals surface area contributed by atoms with Gasteiger partial charge in [-0.25, -0.2) is 5.84 Å². The van der Waals surface area contributed by atoms with E-state index in [1.807, 2.05) is 13.0 Å². The van der Waals surface area contributed by atoms with Crippen LogP contribution >= 0.6 is 11.6 Å². The van der Waals surface area contributed by atoms with Gasteiger partial charge in [0, 0.05) is 5.39 Å². The average molecular weight is 250 g/mol. The maximum Gasteiger partial charge on any atom is 0.267 e. The van der Waals surface area contributed by atoms with Gasteiger partial charge >= 0.3 is 0 Å². The Morgan fingerprint density at radius 2 is 2.12 bits per heavy atom. The van der Waals surface area contributed by atoms with Gasteiger partial charge in [0.1, 0.15) is 0 Å². The van der Waals surface area contributed by atoms with Crippen LogP contribution in [0.3, 0.4) is 0 Å². The summed E-state index contributed by atoms with van der Waals surface area (Å²) in [4.78, 5) is 16.0. The molecule has 2 aromatic rings. The van der Waals surface area contributed by atoms with Crippen LogP contribution in [0.25, 0.3) is 10.9 Å². The highest BCUT2D eigenvalue weighted by Crippen LogP contribution is 2.26. The molecule has 0 aliphatic heterocycles. The van der Waals surface area contributed by atoms with Crippen molar-refractivity contribution in [3.05, 3.63) is 40.0 Å². The number of rotatable bonds is 1. The van der Waals surface area contributed by atoms with Crippen LogP contribution in [0.2, 0.25) is 5.02 Å². The highest BCUT2D eigenvalue weighted by molar-refractivity contribution is 6.35. The lowest BCUT2D eigenvalue weighted by atomic mass is 10.1. The number of nitrogens with zero attached hydrogens (tertiary/aromatic N) is 1. The quantitative estimate of drug-likeness (QED) is 0.462. The highest BCUT2D eigenvalue weighted by atomic mass is 35.5. The topological polar surface area (TPSA) is 68.0 Å². The molecule has 1 heterocycles. The second-order valence-corrected chi connectivity index (χ2v) is 4.26. The minimum Gasteiger partial charge on any atom is -0.290 e. The molecule has 3 N–H and O–H groups in total. The average Bonchev–Trinajstić information content (AvgIpc) is 2.32. The van der Waals surface area contributed by atoms with E-state index in [2.05, 4.69) is 10.4 Å². The lowest BCUT2D eigenvalue weighted by Crippen LogP contribution is -2.30. The number of nitrogens with two attached hydrogens (primary N) is 1. The standard InChI is InChI=1S/C12H12ClN3O/c1-6-3-4-10(13)9-5-8(12(17)16-14)7(2)15-11(6)9/h3-5H,14H2,1-2H3,(H,16,17). The van der Waals surface area contributed by atoms with Crippen LogP contribution in [0, 0.1) is 13.8 Å². The summed E-state index contributed by atoms with van der Waals surface area (Å²) in [6.45, 7) is 3.72. The summed E-state index contributed by atoms with van der Waals surface area (Å²) < 4.78 is 0. The second-order valence-electron chi connectivity index (χ2n) is 3.86. The first-order chi connectivity index (χ1) is 8.04. The Kier molecular flexibility index (Phi) is 3.00. The zero-order chi connectivity index (χ0) is 12.6. The third-order valence-electron chi connectivity index (χ3n) is 2.70. The predicted octanol–water partition coefficient (Wildman–Crippen LogP) is 2.11. The first kappa shape index (κ1) is 11.8. The summed E-state index contributed by atoms with van der Waals surface area (Å²) in [6, 6.07) is 5.41. The van der Waals surface area contributed by atoms with E-state index in [-0.39, 0.29) is 5.91 Å². The van der Waals surface area contributed by atoms with Gasteiger partial charge in [-0.1, -0.05) is 17.7 Å². The number of halogens is 1. The number of fused-ring (bicyclic) bond motifs is 1. The normalized spacial score (nSPS) is 10.6. The number of benzene rings is 1. The van der Waals surface area contributed by atoms with Gasteiger partial charge in [-0.05, 0) is 31.5 Å². The van der Waals surface area contributed by atoms with Gasteiger partial charge in [0.25, 0.3) is 5.91 Å². The molecule has 1 aromatic carbocycles. The van der Waals surface area contributed by atoms with Crippen molar-refractivity contribution in [2.75, 3.05) is 0 Å². The van der Waals surface area contributed by atoms with Gasteiger partial charge < -0.3 is 0 Å². The molecule has 0 aliphatic carbocycles. The van der Waals surface area contributed by atoms with Gasteiger partial charge in [-0.3, -0.25) is 15.2 Å². The number of nitrogens with one attached hydrogen (secondary N) is 1. The number of amides is 1. The molecule has 4 nitrogen and oxygen atoms in total. The molecule has 88 valence electrons. The fourth-order valence-electron chi connectivity index (χ4n) is 1.76. The molecule has 0 fully saturated rings. The molecule has 0 saturated heterocycles. The molecule has 0 bridgehead atoms. The summed E-state index contributed by atoms with van der Waals surface area (Å²) in [6.07, 6.45) is 0. The first-order valence-corrected chi connectivity index (χ1v) is 5.49. The van der Waals surface area contributed by atoms with Crippen molar-refractivity contribution < 1.29 is 4.79 Å². The maximum atomic E-state index is 11.6. The minimum atomic E-state index is -0.366. The lowest BCUT2D eigenvalue weighted by molar-refractivity contribution is 0.0953. The number of aromatic nitrogens is 1. The number of aryl methyl sites for hydroxylation is 2. The molecule has 17 heavy (non-hydrogen) atoms. The van der Waals surface area contributed by atoms with E-state index in [0.717, 1.165) is 16.5 Å². The van der Waals surface area contributed by atoms with Crippen LogP contribution in [-0.4, -0.2) is 10.9 Å². The number of hydrogen-bond donors (Lipinski definition) is 2. The van der Waals surface area contributed by atoms with E-state index < -0.39 is 0 Å². The molecule has 5 heteroatoms. The molecule has 0 unspecified atom stereocenters. The van der Waals surface area contributed by atoms with E-state index in [1.165, 1.54) is 0 Å². The fraction of sp³-hybridized carbons (Fsp3) is 0.167. The molecule has 0 spiro atoms. The van der Waals surface area contributed by atoms with Gasteiger partial charge in [0.15, 0.2) is 0 Å². The van der Waals surface area contributed by atoms with Crippen molar-refractivity contribution in [2.45, 2.75) is 13.8 Å². The molecular formula is C12H12ClN3O. The summed E-state index contributed by atoms with van der Waals surface area (Å²) in [5.74, 6) is 4.76. The largest absolute Gasteiger partial charge is 0.290 e. The van der Waals surface area contributed by atoms with Gasteiger partial charge in [0.05, 0.1) is 21.8 Å². The molecular weight excluding hydrogens is 238 g/mol. The molecule has 1 aromatic heterocycles. The predicted molar refractivity (Wildman–Crippen MR) is 67.9 cm³/mol. The Bertz CT molecular complexity index is 610. The van der Waals surface area contributed by atoms with Crippen molar-refractivity contribution in [1.82, 2.24) is 10.4 Å². The van der Waals surface area contributed by atoms with E-state index in [1.54, 1.807) is 19.1 Å². The highest BCUT2D eigenvalue weighted by Gasteiger charge is 2.12. The van der Waals surface area contributed by atoms with Crippen molar-refractivity contribution in [1.29, 1.82) is 0 Å². The number of pyridine rings is 1. The number of carbonyl (C=O) groups is 1. The van der Waals surface area contributed by atoms with Gasteiger partial charge in [-0.15, -0.1) is 0 Å². The summed E-state index contributed by atoms with van der Waals surface area (Å²) in [5.41, 5.74) is 5.00. The molecule has 0 radical (unpaired) electrons. The first-order valence-electron chi connectivity index (χ1n) is 5.12. The van der Waals surface area contributed by atoms with Crippen molar-refractivity contribution >= 4 is 28.4 Å². The molecule has 0 saturated carbocycles. The third-order valence-corrected chi connectivity index (χ3v) is 3.03. The summed E-state index contributed by atoms with van der Waals surface area (Å²) >= 11 is 6.10. The third kappa shape index (κ3) is 1.97. The van der Waals surface area contributed by atoms with Crippen LogP contribution in [0.15, 0.2) is 18.2 Å². The fourth-order valence-corrected chi connectivity index (χ4v) is 1.97. The Balaban J connectivity index is 2.80. The van der Waals surface area contributed by atoms with Crippen LogP contribution < -0.4 is 11.3 Å². The molecule has 1 amide bonds. The summed E-state index contributed by atoms with van der Waals surface area (Å²) in [7, 11) is 0. The van der Waals surface area contributed by atoms with E-state index >= 15 is 0 Å². The van der Waals surface area contributed by atoms with Crippen LogP contribution in [0.1, 0.15) is 21.6 Å². The molecule has 2 rings (SSSR count). The molecule has 0 aliphatic rings. The summed E-state index contributed by atoms with van der Waals surface area (Å²) in [5, 5.41) is 1.33. The zero-order valence-electron chi connectivity index (χ0n) is 9.54. The lowest BCUT2D eigenvalue weighted by Gasteiger charge is -2.09. The van der Waals surface area contributed by atoms with E-state index in [9.17, 15) is 4.79 Å². The number of carbonyl (C=O) groups excluding carboxylic acids is 1. The number of hydrogen-bond acceptors (Lipinski definition) is 3. The van der Waals surface area contributed by atoms with Crippen molar-refractivity contribution in [2.24, 2.45) is 5.84 Å². The van der Waals surface area contributed by atoms with Crippen LogP contribution in [-0.2, 0) is 0 Å². The Morgan fingerprint density at radius 1 is 1.41 bits per heavy atom. The Labute approximate surface area is 104 Å². The monoisotopic (exact) mass is 249 g/mol. The van der Waals surface area contributed by atoms with Gasteiger partial charge in [-0.2, -0.15) is 0 Å². The Hall–Kier alpha value is -1.65. The van der Waals surface area contributed by atoms with E-state index in [0.29, 0.717) is 16.3 Å². The van der Waals surface area contributed by atoms with Crippen molar-refractivity contribution in [3.63, 3.8) is 0 Å². The van der Waals surface area contributed by atoms with Gasteiger partial charge in [0.2, 0.25) is 0 Å². The van der Waals surface area contributed by atoms with Crippen molar-refractivity contribution in [3.8, 4) is 0 Å².